The monoisotopic (exact) mass is 454 g/mol. The Labute approximate surface area is 196 Å². The fourth-order valence-corrected chi connectivity index (χ4v) is 7.89. The minimum absolute atomic E-state index is 0.235. The van der Waals surface area contributed by atoms with Gasteiger partial charge in [0.1, 0.15) is 17.2 Å². The van der Waals surface area contributed by atoms with Crippen molar-refractivity contribution in [2.45, 2.75) is 72.6 Å². The number of allylic oxidation sites excluding steroid dienone is 1. The molecule has 0 aliphatic heterocycles. The van der Waals surface area contributed by atoms with Crippen molar-refractivity contribution < 1.29 is 24.9 Å². The zero-order valence-electron chi connectivity index (χ0n) is 20.5. The molecule has 0 saturated heterocycles. The SMILES string of the molecule is C=C1CC[C@@H]2[C@H]([C@H]3[C@H]1CC[C@]3(C)[C@@H](CC(C)C)c1c(O)c(C=O)c(O)c(C=O)c1O)C2(C)C. The Kier molecular flexibility index (Phi) is 5.70. The van der Waals surface area contributed by atoms with Gasteiger partial charge in [-0.25, -0.2) is 0 Å². The Morgan fingerprint density at radius 1 is 0.970 bits per heavy atom. The van der Waals surface area contributed by atoms with E-state index in [1.807, 2.05) is 0 Å². The van der Waals surface area contributed by atoms with E-state index in [-0.39, 0.29) is 39.4 Å². The summed E-state index contributed by atoms with van der Waals surface area (Å²) < 4.78 is 0. The second-order valence-electron chi connectivity index (χ2n) is 12.0. The highest BCUT2D eigenvalue weighted by molar-refractivity contribution is 5.95. The molecule has 4 rings (SSSR count). The van der Waals surface area contributed by atoms with Gasteiger partial charge in [-0.3, -0.25) is 9.59 Å². The zero-order chi connectivity index (χ0) is 24.5. The van der Waals surface area contributed by atoms with E-state index in [1.165, 1.54) is 5.57 Å². The van der Waals surface area contributed by atoms with Gasteiger partial charge >= 0.3 is 0 Å². The molecule has 0 spiro atoms. The summed E-state index contributed by atoms with van der Waals surface area (Å²) in [5, 5.41) is 32.6. The van der Waals surface area contributed by atoms with E-state index in [1.54, 1.807) is 0 Å². The van der Waals surface area contributed by atoms with Crippen LogP contribution >= 0.6 is 0 Å². The standard InChI is InChI=1S/C28H38O5/c1-14(2)11-20(21-25(32)17(12-29)24(31)18(13-30)26(21)33)28(6)10-9-16-15(3)7-8-19-23(22(16)28)27(19,4)5/h12-14,16,19-20,22-23,31-33H,3,7-11H2,1-2,4-6H3/t16-,19+,20-,22+,23+,28+/m0/s1. The van der Waals surface area contributed by atoms with Crippen LogP contribution in [0.1, 0.15) is 98.9 Å². The molecule has 3 aliphatic rings. The minimum atomic E-state index is -0.664. The quantitative estimate of drug-likeness (QED) is 0.351. The Morgan fingerprint density at radius 2 is 1.55 bits per heavy atom. The number of fused-ring (bicyclic) bond motifs is 3. The number of aldehydes is 2. The van der Waals surface area contributed by atoms with Gasteiger partial charge in [-0.15, -0.1) is 0 Å². The molecule has 6 atom stereocenters. The molecule has 5 nitrogen and oxygen atoms in total. The first-order valence-corrected chi connectivity index (χ1v) is 12.3. The summed E-state index contributed by atoms with van der Waals surface area (Å²) in [6, 6.07) is 0. The fourth-order valence-electron chi connectivity index (χ4n) is 7.89. The molecule has 3 N–H and O–H groups in total. The predicted octanol–water partition coefficient (Wildman–Crippen LogP) is 6.21. The lowest BCUT2D eigenvalue weighted by Gasteiger charge is -2.44. The number of phenolic OH excluding ortho intramolecular Hbond substituents is 3. The fraction of sp³-hybridized carbons (Fsp3) is 0.643. The van der Waals surface area contributed by atoms with Gasteiger partial charge < -0.3 is 15.3 Å². The molecule has 33 heavy (non-hydrogen) atoms. The Bertz CT molecular complexity index is 971. The van der Waals surface area contributed by atoms with Gasteiger partial charge in [-0.05, 0) is 78.4 Å². The highest BCUT2D eigenvalue weighted by Gasteiger charge is 2.68. The number of phenols is 3. The highest BCUT2D eigenvalue weighted by atomic mass is 16.3. The maximum Gasteiger partial charge on any atom is 0.157 e. The first-order valence-electron chi connectivity index (χ1n) is 12.3. The number of carbonyl (C=O) groups is 2. The van der Waals surface area contributed by atoms with Gasteiger partial charge in [0.2, 0.25) is 0 Å². The van der Waals surface area contributed by atoms with Gasteiger partial charge in [0.15, 0.2) is 12.6 Å². The van der Waals surface area contributed by atoms with Gasteiger partial charge in [0.05, 0.1) is 11.1 Å². The van der Waals surface area contributed by atoms with Crippen molar-refractivity contribution in [3.63, 3.8) is 0 Å². The van der Waals surface area contributed by atoms with Gasteiger partial charge in [0, 0.05) is 5.56 Å². The van der Waals surface area contributed by atoms with E-state index >= 15 is 0 Å². The molecule has 0 bridgehead atoms. The maximum absolute atomic E-state index is 11.8. The number of hydrogen-bond donors (Lipinski definition) is 3. The Hall–Kier alpha value is -2.30. The van der Waals surface area contributed by atoms with Crippen LogP contribution in [0.5, 0.6) is 17.2 Å². The van der Waals surface area contributed by atoms with Crippen molar-refractivity contribution in [1.29, 1.82) is 0 Å². The number of aromatic hydroxyl groups is 3. The lowest BCUT2D eigenvalue weighted by atomic mass is 9.60. The molecule has 0 heterocycles. The summed E-state index contributed by atoms with van der Waals surface area (Å²) in [5.74, 6) is 0.453. The predicted molar refractivity (Wildman–Crippen MR) is 128 cm³/mol. The summed E-state index contributed by atoms with van der Waals surface area (Å²) in [7, 11) is 0. The molecule has 3 fully saturated rings. The summed E-state index contributed by atoms with van der Waals surface area (Å²) in [6.45, 7) is 15.6. The number of benzene rings is 1. The van der Waals surface area contributed by atoms with E-state index in [2.05, 4.69) is 41.2 Å². The summed E-state index contributed by atoms with van der Waals surface area (Å²) >= 11 is 0. The molecule has 1 aromatic rings. The van der Waals surface area contributed by atoms with Crippen molar-refractivity contribution in [2.75, 3.05) is 0 Å². The van der Waals surface area contributed by atoms with Crippen molar-refractivity contribution in [2.24, 2.45) is 40.4 Å². The third kappa shape index (κ3) is 3.33. The van der Waals surface area contributed by atoms with Crippen LogP contribution in [-0.2, 0) is 0 Å². The van der Waals surface area contributed by atoms with Crippen LogP contribution in [0.15, 0.2) is 12.2 Å². The van der Waals surface area contributed by atoms with E-state index in [0.29, 0.717) is 42.7 Å². The van der Waals surface area contributed by atoms with Gasteiger partial charge in [-0.2, -0.15) is 0 Å². The first kappa shape index (κ1) is 23.8. The van der Waals surface area contributed by atoms with Crippen LogP contribution in [0.4, 0.5) is 0 Å². The summed E-state index contributed by atoms with van der Waals surface area (Å²) in [6.07, 6.45) is 5.57. The normalized spacial score (nSPS) is 33.2. The molecule has 0 radical (unpaired) electrons. The maximum atomic E-state index is 11.8. The van der Waals surface area contributed by atoms with Crippen LogP contribution < -0.4 is 0 Å². The second-order valence-corrected chi connectivity index (χ2v) is 12.0. The third-order valence-electron chi connectivity index (χ3n) is 9.63. The molecule has 3 aliphatic carbocycles. The Morgan fingerprint density at radius 3 is 2.06 bits per heavy atom. The van der Waals surface area contributed by atoms with Gasteiger partial charge in [0.25, 0.3) is 0 Å². The molecule has 1 aromatic carbocycles. The molecular formula is C28H38O5. The number of carbonyl (C=O) groups excluding carboxylic acids is 2. The molecule has 3 saturated carbocycles. The smallest absolute Gasteiger partial charge is 0.157 e. The van der Waals surface area contributed by atoms with E-state index in [9.17, 15) is 24.9 Å². The number of rotatable bonds is 6. The van der Waals surface area contributed by atoms with Crippen LogP contribution in [0.2, 0.25) is 0 Å². The molecular weight excluding hydrogens is 416 g/mol. The summed E-state index contributed by atoms with van der Waals surface area (Å²) in [4.78, 5) is 23.5. The molecule has 0 amide bonds. The lowest BCUT2D eigenvalue weighted by Crippen LogP contribution is -2.36. The largest absolute Gasteiger partial charge is 0.507 e. The van der Waals surface area contributed by atoms with E-state index < -0.39 is 17.2 Å². The highest BCUT2D eigenvalue weighted by Crippen LogP contribution is 2.75. The average molecular weight is 455 g/mol. The van der Waals surface area contributed by atoms with E-state index in [0.717, 1.165) is 25.7 Å². The van der Waals surface area contributed by atoms with Crippen molar-refractivity contribution in [3.8, 4) is 17.2 Å². The molecule has 5 heteroatoms. The van der Waals surface area contributed by atoms with Gasteiger partial charge in [-0.1, -0.05) is 46.8 Å². The van der Waals surface area contributed by atoms with Crippen LogP contribution in [0, 0.1) is 40.4 Å². The third-order valence-corrected chi connectivity index (χ3v) is 9.63. The molecule has 0 aromatic heterocycles. The summed E-state index contributed by atoms with van der Waals surface area (Å²) in [5.41, 5.74) is 0.887. The topological polar surface area (TPSA) is 94.8 Å². The van der Waals surface area contributed by atoms with Crippen LogP contribution in [-0.4, -0.2) is 27.9 Å². The number of hydrogen-bond acceptors (Lipinski definition) is 5. The van der Waals surface area contributed by atoms with Crippen LogP contribution in [0.25, 0.3) is 0 Å². The molecule has 0 unspecified atom stereocenters. The van der Waals surface area contributed by atoms with Crippen molar-refractivity contribution in [1.82, 2.24) is 0 Å². The zero-order valence-corrected chi connectivity index (χ0v) is 20.5. The Balaban J connectivity index is 1.93. The first-order chi connectivity index (χ1) is 15.4. The lowest BCUT2D eigenvalue weighted by molar-refractivity contribution is 0.106. The molecule has 180 valence electrons. The minimum Gasteiger partial charge on any atom is -0.507 e. The van der Waals surface area contributed by atoms with Crippen molar-refractivity contribution in [3.05, 3.63) is 28.8 Å². The average Bonchev–Trinajstić information content (AvgIpc) is 3.16. The van der Waals surface area contributed by atoms with E-state index in [4.69, 9.17) is 0 Å². The van der Waals surface area contributed by atoms with Crippen LogP contribution in [0.3, 0.4) is 0 Å². The second kappa shape index (κ2) is 7.89. The van der Waals surface area contributed by atoms with Crippen molar-refractivity contribution >= 4 is 12.6 Å².